The molecule has 1 aromatic carbocycles. The lowest BCUT2D eigenvalue weighted by Gasteiger charge is -2.39. The van der Waals surface area contributed by atoms with Gasteiger partial charge < -0.3 is 20.3 Å². The molecule has 2 aliphatic heterocycles. The Bertz CT molecular complexity index is 723. The molecule has 1 aliphatic carbocycles. The van der Waals surface area contributed by atoms with Gasteiger partial charge in [-0.2, -0.15) is 0 Å². The molecule has 6 heteroatoms. The average molecular weight is 386 g/mol. The monoisotopic (exact) mass is 385 g/mol. The Balaban J connectivity index is 1.25. The van der Waals surface area contributed by atoms with Crippen LogP contribution < -0.4 is 10.6 Å². The highest BCUT2D eigenvalue weighted by Gasteiger charge is 2.45. The second kappa shape index (κ2) is 8.11. The molecule has 1 aromatic rings. The maximum absolute atomic E-state index is 12.6. The molecule has 0 radical (unpaired) electrons. The van der Waals surface area contributed by atoms with Crippen LogP contribution in [0.5, 0.6) is 0 Å². The Morgan fingerprint density at radius 2 is 1.96 bits per heavy atom. The zero-order valence-electron chi connectivity index (χ0n) is 16.7. The number of benzene rings is 1. The molecule has 3 fully saturated rings. The molecular weight excluding hydrogens is 354 g/mol. The van der Waals surface area contributed by atoms with E-state index in [0.29, 0.717) is 19.0 Å². The van der Waals surface area contributed by atoms with Crippen LogP contribution in [-0.4, -0.2) is 48.2 Å². The van der Waals surface area contributed by atoms with Crippen LogP contribution in [0, 0.1) is 5.92 Å². The van der Waals surface area contributed by atoms with E-state index in [4.69, 9.17) is 4.74 Å². The lowest BCUT2D eigenvalue weighted by molar-refractivity contribution is -0.140. The Hall–Kier alpha value is -2.08. The predicted molar refractivity (Wildman–Crippen MR) is 108 cm³/mol. The van der Waals surface area contributed by atoms with Crippen molar-refractivity contribution in [2.24, 2.45) is 5.92 Å². The zero-order valence-corrected chi connectivity index (χ0v) is 16.7. The van der Waals surface area contributed by atoms with Crippen molar-refractivity contribution in [3.8, 4) is 0 Å². The van der Waals surface area contributed by atoms with E-state index in [9.17, 15) is 9.59 Å². The minimum atomic E-state index is -0.323. The van der Waals surface area contributed by atoms with E-state index in [-0.39, 0.29) is 23.6 Å². The molecule has 2 heterocycles. The quantitative estimate of drug-likeness (QED) is 0.817. The molecule has 2 saturated heterocycles. The SMILES string of the molecule is CCc1cccc(NC(=O)N2CCC3(CC[C@H](C(=O)NCC4CC4)O3)CC2)c1. The van der Waals surface area contributed by atoms with E-state index >= 15 is 0 Å². The van der Waals surface area contributed by atoms with Gasteiger partial charge in [-0.25, -0.2) is 4.79 Å². The van der Waals surface area contributed by atoms with Gasteiger partial charge >= 0.3 is 6.03 Å². The maximum atomic E-state index is 12.6. The summed E-state index contributed by atoms with van der Waals surface area (Å²) in [5.74, 6) is 0.721. The smallest absolute Gasteiger partial charge is 0.321 e. The number of likely N-dealkylation sites (tertiary alicyclic amines) is 1. The van der Waals surface area contributed by atoms with E-state index in [0.717, 1.165) is 44.3 Å². The number of carbonyl (C=O) groups excluding carboxylic acids is 2. The molecule has 3 amide bonds. The number of hydrogen-bond donors (Lipinski definition) is 2. The van der Waals surface area contributed by atoms with Crippen LogP contribution in [0.2, 0.25) is 0 Å². The number of nitrogens with zero attached hydrogens (tertiary/aromatic N) is 1. The lowest BCUT2D eigenvalue weighted by Crippen LogP contribution is -2.48. The fourth-order valence-electron chi connectivity index (χ4n) is 4.24. The largest absolute Gasteiger partial charge is 0.362 e. The second-order valence-corrected chi connectivity index (χ2v) is 8.49. The van der Waals surface area contributed by atoms with E-state index in [1.165, 1.54) is 18.4 Å². The van der Waals surface area contributed by atoms with Crippen molar-refractivity contribution >= 4 is 17.6 Å². The molecule has 1 atom stereocenters. The molecule has 152 valence electrons. The molecule has 6 nitrogen and oxygen atoms in total. The number of carbonyl (C=O) groups is 2. The number of rotatable bonds is 5. The Morgan fingerprint density at radius 3 is 2.68 bits per heavy atom. The van der Waals surface area contributed by atoms with Crippen molar-refractivity contribution < 1.29 is 14.3 Å². The Labute approximate surface area is 167 Å². The number of nitrogens with one attached hydrogen (secondary N) is 2. The highest BCUT2D eigenvalue weighted by molar-refractivity contribution is 5.89. The van der Waals surface area contributed by atoms with Crippen LogP contribution in [0.25, 0.3) is 0 Å². The molecule has 0 unspecified atom stereocenters. The second-order valence-electron chi connectivity index (χ2n) is 8.49. The van der Waals surface area contributed by atoms with Gasteiger partial charge in [-0.15, -0.1) is 0 Å². The van der Waals surface area contributed by atoms with Gasteiger partial charge in [0.2, 0.25) is 5.91 Å². The first-order chi connectivity index (χ1) is 13.6. The summed E-state index contributed by atoms with van der Waals surface area (Å²) in [5, 5.41) is 6.04. The molecule has 1 spiro atoms. The number of aryl methyl sites for hydroxylation is 1. The standard InChI is InChI=1S/C22H31N3O3/c1-2-16-4-3-5-18(14-16)24-21(27)25-12-10-22(11-13-25)9-8-19(28-22)20(26)23-15-17-6-7-17/h3-5,14,17,19H,2,6-13,15H2,1H3,(H,23,26)(H,24,27)/t19-/m1/s1. The van der Waals surface area contributed by atoms with Crippen molar-refractivity contribution in [3.63, 3.8) is 0 Å². The number of anilines is 1. The summed E-state index contributed by atoms with van der Waals surface area (Å²) >= 11 is 0. The third-order valence-electron chi connectivity index (χ3n) is 6.36. The summed E-state index contributed by atoms with van der Waals surface area (Å²) in [4.78, 5) is 26.8. The summed E-state index contributed by atoms with van der Waals surface area (Å²) in [6.45, 7) is 4.22. The summed E-state index contributed by atoms with van der Waals surface area (Å²) < 4.78 is 6.21. The first kappa shape index (κ1) is 19.2. The van der Waals surface area contributed by atoms with Gasteiger partial charge in [0.1, 0.15) is 6.10 Å². The molecule has 0 bridgehead atoms. The normalized spacial score (nSPS) is 23.6. The Morgan fingerprint density at radius 1 is 1.18 bits per heavy atom. The van der Waals surface area contributed by atoms with Gasteiger partial charge in [-0.05, 0) is 68.6 Å². The topological polar surface area (TPSA) is 70.7 Å². The van der Waals surface area contributed by atoms with Crippen molar-refractivity contribution in [2.45, 2.75) is 63.6 Å². The van der Waals surface area contributed by atoms with Crippen LogP contribution in [0.1, 0.15) is 51.0 Å². The molecule has 3 aliphatic rings. The number of amides is 3. The van der Waals surface area contributed by atoms with E-state index in [1.807, 2.05) is 23.1 Å². The van der Waals surface area contributed by atoms with E-state index < -0.39 is 0 Å². The number of ether oxygens (including phenoxy) is 1. The number of hydrogen-bond acceptors (Lipinski definition) is 3. The van der Waals surface area contributed by atoms with Gasteiger partial charge in [0.05, 0.1) is 5.60 Å². The van der Waals surface area contributed by atoms with Gasteiger partial charge in [-0.1, -0.05) is 19.1 Å². The van der Waals surface area contributed by atoms with Crippen LogP contribution in [0.15, 0.2) is 24.3 Å². The fourth-order valence-corrected chi connectivity index (χ4v) is 4.24. The van der Waals surface area contributed by atoms with Crippen LogP contribution >= 0.6 is 0 Å². The van der Waals surface area contributed by atoms with Gasteiger partial charge in [-0.3, -0.25) is 4.79 Å². The summed E-state index contributed by atoms with van der Waals surface area (Å²) in [6.07, 6.45) is 6.37. The molecule has 1 saturated carbocycles. The first-order valence-corrected chi connectivity index (χ1v) is 10.7. The third kappa shape index (κ3) is 4.49. The average Bonchev–Trinajstić information content (AvgIpc) is 3.46. The Kier molecular flexibility index (Phi) is 5.58. The summed E-state index contributed by atoms with van der Waals surface area (Å²) in [6, 6.07) is 7.93. The predicted octanol–water partition coefficient (Wildman–Crippen LogP) is 3.32. The zero-order chi connectivity index (χ0) is 19.6. The van der Waals surface area contributed by atoms with Crippen molar-refractivity contribution in [2.75, 3.05) is 25.0 Å². The highest BCUT2D eigenvalue weighted by atomic mass is 16.5. The molecule has 2 N–H and O–H groups in total. The minimum Gasteiger partial charge on any atom is -0.362 e. The van der Waals surface area contributed by atoms with E-state index in [1.54, 1.807) is 0 Å². The van der Waals surface area contributed by atoms with Crippen molar-refractivity contribution in [1.82, 2.24) is 10.2 Å². The fraction of sp³-hybridized carbons (Fsp3) is 0.636. The van der Waals surface area contributed by atoms with Crippen LogP contribution in [0.4, 0.5) is 10.5 Å². The van der Waals surface area contributed by atoms with Crippen LogP contribution in [0.3, 0.4) is 0 Å². The maximum Gasteiger partial charge on any atom is 0.321 e. The van der Waals surface area contributed by atoms with Gasteiger partial charge in [0, 0.05) is 25.3 Å². The minimum absolute atomic E-state index is 0.0414. The lowest BCUT2D eigenvalue weighted by atomic mass is 9.88. The number of piperidine rings is 1. The molecule has 4 rings (SSSR count). The van der Waals surface area contributed by atoms with Gasteiger partial charge in [0.15, 0.2) is 0 Å². The molecule has 0 aromatic heterocycles. The summed E-state index contributed by atoms with van der Waals surface area (Å²) in [7, 11) is 0. The van der Waals surface area contributed by atoms with Gasteiger partial charge in [0.25, 0.3) is 0 Å². The van der Waals surface area contributed by atoms with E-state index in [2.05, 4.69) is 23.6 Å². The van der Waals surface area contributed by atoms with Crippen molar-refractivity contribution in [1.29, 1.82) is 0 Å². The third-order valence-corrected chi connectivity index (χ3v) is 6.36. The highest BCUT2D eigenvalue weighted by Crippen LogP contribution is 2.39. The number of urea groups is 1. The summed E-state index contributed by atoms with van der Waals surface area (Å²) in [5.41, 5.74) is 1.82. The van der Waals surface area contributed by atoms with Crippen LogP contribution in [-0.2, 0) is 16.0 Å². The first-order valence-electron chi connectivity index (χ1n) is 10.7. The van der Waals surface area contributed by atoms with Crippen molar-refractivity contribution in [3.05, 3.63) is 29.8 Å². The molecular formula is C22H31N3O3. The molecule has 28 heavy (non-hydrogen) atoms.